The van der Waals surface area contributed by atoms with Crippen LogP contribution in [0.3, 0.4) is 0 Å². The number of carbonyl (C=O) groups excluding carboxylic acids is 2. The predicted molar refractivity (Wildman–Crippen MR) is 99.8 cm³/mol. The van der Waals surface area contributed by atoms with E-state index in [-0.39, 0.29) is 30.9 Å². The van der Waals surface area contributed by atoms with Crippen molar-refractivity contribution in [2.24, 2.45) is 0 Å². The number of likely N-dealkylation sites (N-methyl/N-ethyl adjacent to an activating group) is 1. The summed E-state index contributed by atoms with van der Waals surface area (Å²) in [6.07, 6.45) is 0. The molecule has 25 heavy (non-hydrogen) atoms. The van der Waals surface area contributed by atoms with E-state index in [1.54, 1.807) is 4.90 Å². The van der Waals surface area contributed by atoms with Crippen LogP contribution in [0.2, 0.25) is 0 Å². The molecule has 6 nitrogen and oxygen atoms in total. The Balaban J connectivity index is 2.29. The second-order valence-corrected chi connectivity index (χ2v) is 6.49. The van der Waals surface area contributed by atoms with Crippen LogP contribution in [0.1, 0.15) is 31.9 Å². The Bertz CT molecular complexity index is 573. The number of amides is 2. The maximum atomic E-state index is 12.0. The molecular weight excluding hydrogens is 318 g/mol. The lowest BCUT2D eigenvalue weighted by Gasteiger charge is -2.20. The highest BCUT2D eigenvalue weighted by molar-refractivity contribution is 5.81. The largest absolute Gasteiger partial charge is 0.491 e. The Morgan fingerprint density at radius 2 is 1.84 bits per heavy atom. The zero-order valence-electron chi connectivity index (χ0n) is 16.0. The summed E-state index contributed by atoms with van der Waals surface area (Å²) in [7, 11) is 0. The fourth-order valence-electron chi connectivity index (χ4n) is 2.42. The number of benzene rings is 1. The third kappa shape index (κ3) is 8.54. The Morgan fingerprint density at radius 1 is 1.16 bits per heavy atom. The van der Waals surface area contributed by atoms with Gasteiger partial charge < -0.3 is 15.4 Å². The number of carbonyl (C=O) groups is 2. The highest BCUT2D eigenvalue weighted by Gasteiger charge is 2.13. The van der Waals surface area contributed by atoms with Crippen molar-refractivity contribution >= 4 is 11.8 Å². The van der Waals surface area contributed by atoms with Crippen molar-refractivity contribution in [2.75, 3.05) is 32.8 Å². The molecule has 0 spiro atoms. The van der Waals surface area contributed by atoms with Gasteiger partial charge in [-0.05, 0) is 45.9 Å². The molecule has 2 amide bonds. The van der Waals surface area contributed by atoms with Gasteiger partial charge in [0.15, 0.2) is 0 Å². The van der Waals surface area contributed by atoms with Gasteiger partial charge in [-0.2, -0.15) is 0 Å². The molecule has 0 aliphatic rings. The zero-order chi connectivity index (χ0) is 18.8. The lowest BCUT2D eigenvalue weighted by atomic mass is 10.1. The smallest absolute Gasteiger partial charge is 0.234 e. The molecular formula is C19H31N3O3. The van der Waals surface area contributed by atoms with Crippen LogP contribution in [0.5, 0.6) is 5.75 Å². The summed E-state index contributed by atoms with van der Waals surface area (Å²) >= 11 is 0. The maximum absolute atomic E-state index is 12.0. The van der Waals surface area contributed by atoms with Gasteiger partial charge in [-0.1, -0.05) is 24.6 Å². The third-order valence-electron chi connectivity index (χ3n) is 3.64. The summed E-state index contributed by atoms with van der Waals surface area (Å²) in [5.41, 5.74) is 2.28. The highest BCUT2D eigenvalue weighted by atomic mass is 16.5. The van der Waals surface area contributed by atoms with Crippen molar-refractivity contribution in [3.8, 4) is 5.75 Å². The molecule has 0 saturated carbocycles. The molecule has 0 atom stereocenters. The van der Waals surface area contributed by atoms with E-state index >= 15 is 0 Å². The van der Waals surface area contributed by atoms with Crippen molar-refractivity contribution in [1.29, 1.82) is 0 Å². The Kier molecular flexibility index (Phi) is 8.99. The topological polar surface area (TPSA) is 70.7 Å². The summed E-state index contributed by atoms with van der Waals surface area (Å²) in [5.74, 6) is 0.659. The molecule has 1 rings (SSSR count). The standard InChI is InChI=1S/C19H31N3O3/c1-6-22(13-19(24)21-14(2)3)12-18(23)20-9-10-25-17-8-7-15(4)11-16(17)5/h7-8,11,14H,6,9-10,12-13H2,1-5H3,(H,20,23)(H,21,24). The highest BCUT2D eigenvalue weighted by Crippen LogP contribution is 2.18. The van der Waals surface area contributed by atoms with E-state index < -0.39 is 0 Å². The average molecular weight is 349 g/mol. The molecule has 0 saturated heterocycles. The van der Waals surface area contributed by atoms with Crippen molar-refractivity contribution in [2.45, 2.75) is 40.7 Å². The minimum Gasteiger partial charge on any atom is -0.491 e. The second-order valence-electron chi connectivity index (χ2n) is 6.49. The van der Waals surface area contributed by atoms with Gasteiger partial charge in [0, 0.05) is 6.04 Å². The minimum absolute atomic E-state index is 0.0668. The van der Waals surface area contributed by atoms with Crippen LogP contribution in [0.4, 0.5) is 0 Å². The summed E-state index contributed by atoms with van der Waals surface area (Å²) in [6, 6.07) is 6.11. The number of nitrogens with zero attached hydrogens (tertiary/aromatic N) is 1. The quantitative estimate of drug-likeness (QED) is 0.630. The van der Waals surface area contributed by atoms with Crippen LogP contribution in [0.15, 0.2) is 18.2 Å². The van der Waals surface area contributed by atoms with Gasteiger partial charge in [0.1, 0.15) is 12.4 Å². The SMILES string of the molecule is CCN(CC(=O)NCCOc1ccc(C)cc1C)CC(=O)NC(C)C. The second kappa shape index (κ2) is 10.7. The Morgan fingerprint density at radius 3 is 2.44 bits per heavy atom. The Hall–Kier alpha value is -2.08. The van der Waals surface area contributed by atoms with E-state index in [1.165, 1.54) is 5.56 Å². The molecule has 6 heteroatoms. The van der Waals surface area contributed by atoms with Crippen molar-refractivity contribution in [3.63, 3.8) is 0 Å². The predicted octanol–water partition coefficient (Wildman–Crippen LogP) is 1.64. The molecule has 0 heterocycles. The van der Waals surface area contributed by atoms with Crippen LogP contribution >= 0.6 is 0 Å². The van der Waals surface area contributed by atoms with Crippen LogP contribution in [0.25, 0.3) is 0 Å². The lowest BCUT2D eigenvalue weighted by molar-refractivity contribution is -0.125. The molecule has 1 aromatic carbocycles. The normalized spacial score (nSPS) is 10.8. The summed E-state index contributed by atoms with van der Waals surface area (Å²) in [4.78, 5) is 25.6. The molecule has 0 aliphatic carbocycles. The van der Waals surface area contributed by atoms with E-state index in [9.17, 15) is 9.59 Å². The first kappa shape index (κ1) is 21.0. The summed E-state index contributed by atoms with van der Waals surface area (Å²) < 4.78 is 5.69. The molecule has 0 bridgehead atoms. The number of hydrogen-bond acceptors (Lipinski definition) is 4. The van der Waals surface area contributed by atoms with E-state index in [0.717, 1.165) is 11.3 Å². The first-order chi connectivity index (χ1) is 11.8. The fourth-order valence-corrected chi connectivity index (χ4v) is 2.42. The van der Waals surface area contributed by atoms with Gasteiger partial charge >= 0.3 is 0 Å². The molecule has 140 valence electrons. The van der Waals surface area contributed by atoms with Crippen LogP contribution in [0, 0.1) is 13.8 Å². The van der Waals surface area contributed by atoms with E-state index in [2.05, 4.69) is 16.7 Å². The van der Waals surface area contributed by atoms with Crippen molar-refractivity contribution < 1.29 is 14.3 Å². The van der Waals surface area contributed by atoms with Crippen LogP contribution in [-0.4, -0.2) is 55.5 Å². The number of rotatable bonds is 10. The summed E-state index contributed by atoms with van der Waals surface area (Å²) in [5, 5.41) is 5.65. The van der Waals surface area contributed by atoms with Crippen molar-refractivity contribution in [3.05, 3.63) is 29.3 Å². The van der Waals surface area contributed by atoms with Gasteiger partial charge in [-0.25, -0.2) is 0 Å². The number of nitrogens with one attached hydrogen (secondary N) is 2. The maximum Gasteiger partial charge on any atom is 0.234 e. The Labute approximate surface area is 150 Å². The first-order valence-electron chi connectivity index (χ1n) is 8.80. The minimum atomic E-state index is -0.108. The third-order valence-corrected chi connectivity index (χ3v) is 3.64. The lowest BCUT2D eigenvalue weighted by Crippen LogP contribution is -2.44. The van der Waals surface area contributed by atoms with Gasteiger partial charge in [-0.15, -0.1) is 0 Å². The molecule has 0 fully saturated rings. The monoisotopic (exact) mass is 349 g/mol. The number of hydrogen-bond donors (Lipinski definition) is 2. The zero-order valence-corrected chi connectivity index (χ0v) is 16.0. The van der Waals surface area contributed by atoms with Gasteiger partial charge in [0.25, 0.3) is 0 Å². The van der Waals surface area contributed by atoms with E-state index in [4.69, 9.17) is 4.74 Å². The van der Waals surface area contributed by atoms with Gasteiger partial charge in [0.05, 0.1) is 19.6 Å². The number of aryl methyl sites for hydroxylation is 2. The molecule has 1 aromatic rings. The van der Waals surface area contributed by atoms with Gasteiger partial charge in [0.2, 0.25) is 11.8 Å². The molecule has 0 aliphatic heterocycles. The molecule has 0 unspecified atom stereocenters. The molecule has 0 aromatic heterocycles. The average Bonchev–Trinajstić information content (AvgIpc) is 2.51. The molecule has 2 N–H and O–H groups in total. The van der Waals surface area contributed by atoms with E-state index in [0.29, 0.717) is 19.7 Å². The number of ether oxygens (including phenoxy) is 1. The van der Waals surface area contributed by atoms with Crippen molar-refractivity contribution in [1.82, 2.24) is 15.5 Å². The molecule has 0 radical (unpaired) electrons. The van der Waals surface area contributed by atoms with Gasteiger partial charge in [-0.3, -0.25) is 14.5 Å². The van der Waals surface area contributed by atoms with Crippen LogP contribution < -0.4 is 15.4 Å². The first-order valence-corrected chi connectivity index (χ1v) is 8.80. The van der Waals surface area contributed by atoms with Crippen LogP contribution in [-0.2, 0) is 9.59 Å². The fraction of sp³-hybridized carbons (Fsp3) is 0.579. The summed E-state index contributed by atoms with van der Waals surface area (Å²) in [6.45, 7) is 11.7. The van der Waals surface area contributed by atoms with E-state index in [1.807, 2.05) is 46.8 Å².